The lowest BCUT2D eigenvalue weighted by molar-refractivity contribution is 0.285. The Morgan fingerprint density at radius 3 is 2.81 bits per heavy atom. The van der Waals surface area contributed by atoms with Crippen LogP contribution in [0.25, 0.3) is 0 Å². The molecular weight excluding hydrogens is 200 g/mol. The summed E-state index contributed by atoms with van der Waals surface area (Å²) in [6, 6.07) is 0. The fourth-order valence-corrected chi connectivity index (χ4v) is 2.68. The quantitative estimate of drug-likeness (QED) is 0.805. The highest BCUT2D eigenvalue weighted by atomic mass is 15.2. The molecule has 0 amide bonds. The van der Waals surface area contributed by atoms with Gasteiger partial charge in [0.2, 0.25) is 0 Å². The van der Waals surface area contributed by atoms with Crippen molar-refractivity contribution < 1.29 is 0 Å². The Labute approximate surface area is 96.1 Å². The van der Waals surface area contributed by atoms with E-state index in [1.54, 1.807) is 6.33 Å². The van der Waals surface area contributed by atoms with Gasteiger partial charge in [-0.1, -0.05) is 0 Å². The summed E-state index contributed by atoms with van der Waals surface area (Å²) >= 11 is 0. The van der Waals surface area contributed by atoms with Gasteiger partial charge in [-0.05, 0) is 25.7 Å². The second-order valence-electron chi connectivity index (χ2n) is 5.14. The molecule has 1 aromatic heterocycles. The normalized spacial score (nSPS) is 30.4. The van der Waals surface area contributed by atoms with Crippen LogP contribution >= 0.6 is 0 Å². The van der Waals surface area contributed by atoms with Gasteiger partial charge in [-0.2, -0.15) is 0 Å². The Bertz CT molecular complexity index is 363. The van der Waals surface area contributed by atoms with E-state index in [9.17, 15) is 0 Å². The van der Waals surface area contributed by atoms with Crippen molar-refractivity contribution in [1.82, 2.24) is 15.3 Å². The average Bonchev–Trinajstić information content (AvgIpc) is 3.14. The van der Waals surface area contributed by atoms with Crippen molar-refractivity contribution >= 4 is 5.69 Å². The number of hydrogen-bond acceptors (Lipinski definition) is 4. The fourth-order valence-electron chi connectivity index (χ4n) is 2.68. The molecule has 1 unspecified atom stereocenters. The van der Waals surface area contributed by atoms with Crippen LogP contribution in [-0.4, -0.2) is 35.1 Å². The topological polar surface area (TPSA) is 41.1 Å². The van der Waals surface area contributed by atoms with Gasteiger partial charge in [-0.15, -0.1) is 0 Å². The lowest BCUT2D eigenvalue weighted by atomic mass is 9.93. The van der Waals surface area contributed by atoms with E-state index >= 15 is 0 Å². The van der Waals surface area contributed by atoms with Gasteiger partial charge in [0.05, 0.1) is 18.1 Å². The summed E-state index contributed by atoms with van der Waals surface area (Å²) in [4.78, 5) is 10.6. The highest BCUT2D eigenvalue weighted by Gasteiger charge is 2.43. The van der Waals surface area contributed by atoms with Gasteiger partial charge in [0.15, 0.2) is 0 Å². The molecule has 0 radical (unpaired) electrons. The molecule has 0 spiro atoms. The summed E-state index contributed by atoms with van der Waals surface area (Å²) < 4.78 is 0. The monoisotopic (exact) mass is 218 g/mol. The lowest BCUT2D eigenvalue weighted by Crippen LogP contribution is -2.60. The Morgan fingerprint density at radius 1 is 1.38 bits per heavy atom. The van der Waals surface area contributed by atoms with Crippen molar-refractivity contribution in [2.24, 2.45) is 5.92 Å². The van der Waals surface area contributed by atoms with Crippen molar-refractivity contribution in [3.8, 4) is 0 Å². The minimum absolute atomic E-state index is 0.286. The van der Waals surface area contributed by atoms with Gasteiger partial charge in [0.1, 0.15) is 6.33 Å². The Balaban J connectivity index is 1.77. The number of nitrogens with one attached hydrogen (secondary N) is 1. The molecule has 1 N–H and O–H groups in total. The van der Waals surface area contributed by atoms with E-state index in [2.05, 4.69) is 27.1 Å². The third-order valence-corrected chi connectivity index (χ3v) is 3.82. The van der Waals surface area contributed by atoms with Crippen LogP contribution in [0.2, 0.25) is 0 Å². The molecule has 1 atom stereocenters. The molecule has 1 saturated heterocycles. The molecule has 16 heavy (non-hydrogen) atoms. The zero-order valence-corrected chi connectivity index (χ0v) is 9.69. The van der Waals surface area contributed by atoms with E-state index in [4.69, 9.17) is 0 Å². The van der Waals surface area contributed by atoms with E-state index < -0.39 is 0 Å². The lowest BCUT2D eigenvalue weighted by Gasteiger charge is -2.42. The van der Waals surface area contributed by atoms with Crippen LogP contribution in [0, 0.1) is 5.92 Å². The van der Waals surface area contributed by atoms with E-state index in [0.29, 0.717) is 0 Å². The Morgan fingerprint density at radius 2 is 2.12 bits per heavy atom. The van der Waals surface area contributed by atoms with Crippen molar-refractivity contribution in [1.29, 1.82) is 0 Å². The van der Waals surface area contributed by atoms with Crippen molar-refractivity contribution in [3.63, 3.8) is 0 Å². The molecule has 2 fully saturated rings. The first-order valence-electron chi connectivity index (χ1n) is 6.03. The fraction of sp³-hybridized carbons (Fsp3) is 0.667. The molecular formula is C12H18N4. The van der Waals surface area contributed by atoms with Crippen molar-refractivity contribution in [2.75, 3.05) is 24.5 Å². The number of anilines is 1. The van der Waals surface area contributed by atoms with Crippen LogP contribution in [0.15, 0.2) is 18.7 Å². The first-order valence-corrected chi connectivity index (χ1v) is 6.03. The summed E-state index contributed by atoms with van der Waals surface area (Å²) in [7, 11) is 0. The number of piperazine rings is 1. The van der Waals surface area contributed by atoms with Crippen LogP contribution < -0.4 is 10.2 Å². The zero-order chi connectivity index (χ0) is 11.0. The van der Waals surface area contributed by atoms with Crippen LogP contribution in [0.5, 0.6) is 0 Å². The number of rotatable bonds is 2. The molecule has 1 aromatic rings. The smallest absolute Gasteiger partial charge is 0.115 e. The maximum Gasteiger partial charge on any atom is 0.115 e. The zero-order valence-electron chi connectivity index (χ0n) is 9.69. The third-order valence-electron chi connectivity index (χ3n) is 3.82. The summed E-state index contributed by atoms with van der Waals surface area (Å²) in [5.41, 5.74) is 1.43. The summed E-state index contributed by atoms with van der Waals surface area (Å²) in [5, 5.41) is 3.67. The van der Waals surface area contributed by atoms with Crippen LogP contribution in [-0.2, 0) is 0 Å². The van der Waals surface area contributed by atoms with E-state index in [1.807, 2.05) is 12.4 Å². The molecule has 3 rings (SSSR count). The molecule has 86 valence electrons. The van der Waals surface area contributed by atoms with Gasteiger partial charge in [-0.25, -0.2) is 9.97 Å². The summed E-state index contributed by atoms with van der Waals surface area (Å²) in [5.74, 6) is 0.861. The van der Waals surface area contributed by atoms with Gasteiger partial charge in [0.25, 0.3) is 0 Å². The predicted octanol–water partition coefficient (Wildman–Crippen LogP) is 1.05. The van der Waals surface area contributed by atoms with Gasteiger partial charge in [-0.3, -0.25) is 0 Å². The van der Waals surface area contributed by atoms with Crippen LogP contribution in [0.4, 0.5) is 5.69 Å². The maximum absolute atomic E-state index is 4.09. The van der Waals surface area contributed by atoms with Crippen molar-refractivity contribution in [3.05, 3.63) is 18.7 Å². The number of aromatic nitrogens is 2. The maximum atomic E-state index is 4.09. The van der Waals surface area contributed by atoms with Gasteiger partial charge < -0.3 is 10.2 Å². The molecule has 1 aliphatic carbocycles. The van der Waals surface area contributed by atoms with Gasteiger partial charge in [0, 0.05) is 25.2 Å². The average molecular weight is 218 g/mol. The number of nitrogens with zero attached hydrogens (tertiary/aromatic N) is 3. The van der Waals surface area contributed by atoms with E-state index in [0.717, 1.165) is 31.2 Å². The molecule has 0 aromatic carbocycles. The number of hydrogen-bond donors (Lipinski definition) is 1. The standard InChI is InChI=1S/C12H18N4/c1-12(10-2-3-10)8-16(5-4-15-12)11-6-13-9-14-7-11/h6-7,9-10,15H,2-5,8H2,1H3. The highest BCUT2D eigenvalue weighted by molar-refractivity contribution is 5.43. The summed E-state index contributed by atoms with van der Waals surface area (Å²) in [6.45, 7) is 5.53. The molecule has 1 aliphatic heterocycles. The molecule has 1 saturated carbocycles. The molecule has 4 heteroatoms. The molecule has 2 aliphatic rings. The van der Waals surface area contributed by atoms with Crippen LogP contribution in [0.3, 0.4) is 0 Å². The molecule has 4 nitrogen and oxygen atoms in total. The first kappa shape index (κ1) is 10.0. The minimum Gasteiger partial charge on any atom is -0.366 e. The Kier molecular flexibility index (Phi) is 2.32. The van der Waals surface area contributed by atoms with Crippen molar-refractivity contribution in [2.45, 2.75) is 25.3 Å². The summed E-state index contributed by atoms with van der Waals surface area (Å²) in [6.07, 6.45) is 8.16. The van der Waals surface area contributed by atoms with Gasteiger partial charge >= 0.3 is 0 Å². The Hall–Kier alpha value is -1.16. The molecule has 2 heterocycles. The van der Waals surface area contributed by atoms with E-state index in [1.165, 1.54) is 12.8 Å². The second-order valence-corrected chi connectivity index (χ2v) is 5.14. The first-order chi connectivity index (χ1) is 7.78. The highest BCUT2D eigenvalue weighted by Crippen LogP contribution is 2.41. The SMILES string of the molecule is CC1(C2CC2)CN(c2cncnc2)CCN1. The largest absolute Gasteiger partial charge is 0.366 e. The van der Waals surface area contributed by atoms with Crippen LogP contribution in [0.1, 0.15) is 19.8 Å². The minimum atomic E-state index is 0.286. The van der Waals surface area contributed by atoms with E-state index in [-0.39, 0.29) is 5.54 Å². The molecule has 0 bridgehead atoms. The third kappa shape index (κ3) is 1.78. The predicted molar refractivity (Wildman–Crippen MR) is 63.4 cm³/mol. The second kappa shape index (κ2) is 3.70.